The summed E-state index contributed by atoms with van der Waals surface area (Å²) in [5.74, 6) is 0.957. The normalized spacial score (nSPS) is 10.8. The largest absolute Gasteiger partial charge is 0.488 e. The van der Waals surface area contributed by atoms with E-state index in [1.807, 2.05) is 43.5 Å². The number of amides is 1. The summed E-state index contributed by atoms with van der Waals surface area (Å²) >= 11 is 1.38. The van der Waals surface area contributed by atoms with E-state index in [9.17, 15) is 4.79 Å². The van der Waals surface area contributed by atoms with Gasteiger partial charge in [-0.1, -0.05) is 48.0 Å². The number of hydrogen-bond donors (Lipinski definition) is 1. The summed E-state index contributed by atoms with van der Waals surface area (Å²) in [6.07, 6.45) is 1.62. The molecule has 0 aliphatic carbocycles. The third kappa shape index (κ3) is 5.19. The molecule has 4 aromatic rings. The summed E-state index contributed by atoms with van der Waals surface area (Å²) in [5.41, 5.74) is 5.49. The zero-order valence-corrected chi connectivity index (χ0v) is 18.6. The lowest BCUT2D eigenvalue weighted by Crippen LogP contribution is -2.12. The second kappa shape index (κ2) is 9.14. The average molecular weight is 433 g/mol. The summed E-state index contributed by atoms with van der Waals surface area (Å²) in [7, 11) is 0. The summed E-state index contributed by atoms with van der Waals surface area (Å²) in [5, 5.41) is 9.05. The fourth-order valence-electron chi connectivity index (χ4n) is 3.22. The van der Waals surface area contributed by atoms with Gasteiger partial charge in [0.05, 0.1) is 11.4 Å². The third-order valence-electron chi connectivity index (χ3n) is 4.90. The van der Waals surface area contributed by atoms with E-state index in [0.29, 0.717) is 24.0 Å². The van der Waals surface area contributed by atoms with E-state index >= 15 is 0 Å². The Hall–Kier alpha value is -3.45. The van der Waals surface area contributed by atoms with Crippen LogP contribution in [0.3, 0.4) is 0 Å². The lowest BCUT2D eigenvalue weighted by molar-refractivity contribution is 0.102. The fourth-order valence-corrected chi connectivity index (χ4v) is 4.02. The van der Waals surface area contributed by atoms with Crippen molar-refractivity contribution in [1.82, 2.24) is 14.8 Å². The van der Waals surface area contributed by atoms with E-state index in [4.69, 9.17) is 4.74 Å². The first kappa shape index (κ1) is 20.8. The van der Waals surface area contributed by atoms with Crippen molar-refractivity contribution < 1.29 is 9.53 Å². The van der Waals surface area contributed by atoms with E-state index in [1.165, 1.54) is 16.9 Å². The molecule has 0 spiro atoms. The van der Waals surface area contributed by atoms with Gasteiger partial charge in [-0.25, -0.2) is 9.67 Å². The van der Waals surface area contributed by atoms with Crippen LogP contribution < -0.4 is 10.1 Å². The van der Waals surface area contributed by atoms with Crippen LogP contribution in [0.25, 0.3) is 0 Å². The molecular formula is C24H24N4O2S. The van der Waals surface area contributed by atoms with Crippen molar-refractivity contribution in [3.63, 3.8) is 0 Å². The van der Waals surface area contributed by atoms with Crippen molar-refractivity contribution >= 4 is 23.2 Å². The number of rotatable bonds is 7. The zero-order valence-electron chi connectivity index (χ0n) is 17.8. The number of carbonyl (C=O) groups is 1. The maximum Gasteiger partial charge on any atom is 0.268 e. The van der Waals surface area contributed by atoms with E-state index in [2.05, 4.69) is 46.6 Å². The number of thiophene rings is 1. The molecule has 31 heavy (non-hydrogen) atoms. The van der Waals surface area contributed by atoms with Gasteiger partial charge in [-0.3, -0.25) is 10.1 Å². The molecule has 0 bridgehead atoms. The van der Waals surface area contributed by atoms with Crippen LogP contribution in [0.4, 0.5) is 5.95 Å². The molecule has 1 amide bonds. The lowest BCUT2D eigenvalue weighted by atomic mass is 10.1. The monoisotopic (exact) mass is 432 g/mol. The first-order valence-corrected chi connectivity index (χ1v) is 10.9. The quantitative estimate of drug-likeness (QED) is 0.439. The molecule has 2 heterocycles. The molecule has 0 aliphatic heterocycles. The summed E-state index contributed by atoms with van der Waals surface area (Å²) in [4.78, 5) is 17.4. The standard InChI is InChI=1S/C24H24N4O2S/c1-16-7-9-19(10-8-16)12-28-15-25-24(27-28)26-23(29)21-11-20(14-31-21)13-30-22-17(2)5-4-6-18(22)3/h4-11,14-15H,12-13H2,1-3H3,(H,26,27,29). The maximum atomic E-state index is 12.6. The molecule has 158 valence electrons. The first-order valence-electron chi connectivity index (χ1n) is 10.0. The Morgan fingerprint density at radius 2 is 1.81 bits per heavy atom. The van der Waals surface area contributed by atoms with Crippen LogP contribution in [0.15, 0.2) is 60.2 Å². The Labute approximate surface area is 185 Å². The number of nitrogens with zero attached hydrogens (tertiary/aromatic N) is 3. The van der Waals surface area contributed by atoms with Crippen LogP contribution in [0, 0.1) is 20.8 Å². The van der Waals surface area contributed by atoms with Gasteiger partial charge in [0.1, 0.15) is 18.7 Å². The van der Waals surface area contributed by atoms with E-state index in [-0.39, 0.29) is 5.91 Å². The molecule has 2 aromatic heterocycles. The minimum Gasteiger partial charge on any atom is -0.488 e. The number of aromatic nitrogens is 3. The molecule has 4 rings (SSSR count). The van der Waals surface area contributed by atoms with Gasteiger partial charge >= 0.3 is 0 Å². The number of ether oxygens (including phenoxy) is 1. The highest BCUT2D eigenvalue weighted by atomic mass is 32.1. The molecule has 0 unspecified atom stereocenters. The molecule has 0 radical (unpaired) electrons. The molecule has 2 aromatic carbocycles. The van der Waals surface area contributed by atoms with Crippen LogP contribution >= 0.6 is 11.3 Å². The lowest BCUT2D eigenvalue weighted by Gasteiger charge is -2.10. The Morgan fingerprint density at radius 3 is 2.55 bits per heavy atom. The number of carbonyl (C=O) groups excluding carboxylic acids is 1. The SMILES string of the molecule is Cc1ccc(Cn2cnc(NC(=O)c3cc(COc4c(C)cccc4C)cs3)n2)cc1. The van der Waals surface area contributed by atoms with Gasteiger partial charge in [0.25, 0.3) is 5.91 Å². The van der Waals surface area contributed by atoms with Crippen molar-refractivity contribution in [2.45, 2.75) is 33.9 Å². The zero-order chi connectivity index (χ0) is 21.8. The Bertz CT molecular complexity index is 1170. The van der Waals surface area contributed by atoms with Gasteiger partial charge in [0, 0.05) is 5.56 Å². The smallest absolute Gasteiger partial charge is 0.268 e. The Morgan fingerprint density at radius 1 is 1.06 bits per heavy atom. The number of para-hydroxylation sites is 1. The van der Waals surface area contributed by atoms with Crippen molar-refractivity contribution in [1.29, 1.82) is 0 Å². The predicted octanol–water partition coefficient (Wildman–Crippen LogP) is 5.14. The van der Waals surface area contributed by atoms with Crippen molar-refractivity contribution in [3.8, 4) is 5.75 Å². The predicted molar refractivity (Wildman–Crippen MR) is 123 cm³/mol. The van der Waals surface area contributed by atoms with E-state index < -0.39 is 0 Å². The van der Waals surface area contributed by atoms with Gasteiger partial charge in [0.2, 0.25) is 5.95 Å². The molecule has 0 saturated carbocycles. The van der Waals surface area contributed by atoms with Crippen LogP contribution in [-0.2, 0) is 13.2 Å². The van der Waals surface area contributed by atoms with Gasteiger partial charge in [0.15, 0.2) is 0 Å². The van der Waals surface area contributed by atoms with Gasteiger partial charge in [-0.15, -0.1) is 16.4 Å². The van der Waals surface area contributed by atoms with Gasteiger partial charge in [-0.05, 0) is 48.9 Å². The molecule has 7 heteroatoms. The minimum atomic E-state index is -0.226. The number of aryl methyl sites for hydroxylation is 3. The highest BCUT2D eigenvalue weighted by Crippen LogP contribution is 2.24. The maximum absolute atomic E-state index is 12.6. The van der Waals surface area contributed by atoms with Crippen molar-refractivity contribution in [2.24, 2.45) is 0 Å². The minimum absolute atomic E-state index is 0.226. The number of hydrogen-bond acceptors (Lipinski definition) is 5. The Kier molecular flexibility index (Phi) is 6.13. The molecular weight excluding hydrogens is 408 g/mol. The summed E-state index contributed by atoms with van der Waals surface area (Å²) < 4.78 is 7.69. The van der Waals surface area contributed by atoms with Gasteiger partial charge in [-0.2, -0.15) is 0 Å². The summed E-state index contributed by atoms with van der Waals surface area (Å²) in [6, 6.07) is 16.2. The second-order valence-electron chi connectivity index (χ2n) is 7.53. The second-order valence-corrected chi connectivity index (χ2v) is 8.45. The van der Waals surface area contributed by atoms with Crippen LogP contribution in [-0.4, -0.2) is 20.7 Å². The van der Waals surface area contributed by atoms with Crippen LogP contribution in [0.1, 0.15) is 37.5 Å². The highest BCUT2D eigenvalue weighted by Gasteiger charge is 2.13. The molecule has 0 saturated heterocycles. The number of benzene rings is 2. The van der Waals surface area contributed by atoms with Crippen LogP contribution in [0.2, 0.25) is 0 Å². The van der Waals surface area contributed by atoms with Gasteiger partial charge < -0.3 is 4.74 Å². The molecule has 0 aliphatic rings. The number of nitrogens with one attached hydrogen (secondary N) is 1. The molecule has 6 nitrogen and oxygen atoms in total. The first-order chi connectivity index (χ1) is 15.0. The van der Waals surface area contributed by atoms with E-state index in [0.717, 1.165) is 28.0 Å². The Balaban J connectivity index is 1.35. The molecule has 0 atom stereocenters. The van der Waals surface area contributed by atoms with Crippen molar-refractivity contribution in [3.05, 3.63) is 92.9 Å². The summed E-state index contributed by atoms with van der Waals surface area (Å²) in [6.45, 7) is 7.12. The molecule has 0 fully saturated rings. The third-order valence-corrected chi connectivity index (χ3v) is 5.87. The van der Waals surface area contributed by atoms with Crippen molar-refractivity contribution in [2.75, 3.05) is 5.32 Å². The van der Waals surface area contributed by atoms with Crippen LogP contribution in [0.5, 0.6) is 5.75 Å². The highest BCUT2D eigenvalue weighted by molar-refractivity contribution is 7.12. The number of anilines is 1. The van der Waals surface area contributed by atoms with E-state index in [1.54, 1.807) is 11.0 Å². The topological polar surface area (TPSA) is 69.0 Å². The molecule has 1 N–H and O–H groups in total. The average Bonchev–Trinajstić information content (AvgIpc) is 3.39. The fraction of sp³-hybridized carbons (Fsp3) is 0.208.